The molecule has 2 aliphatic carbocycles. The number of nitrogens with two attached hydrogens (primary N) is 1. The van der Waals surface area contributed by atoms with Crippen LogP contribution in [0, 0.1) is 17.8 Å². The van der Waals surface area contributed by atoms with Gasteiger partial charge in [-0.1, -0.05) is 0 Å². The van der Waals surface area contributed by atoms with Crippen molar-refractivity contribution in [2.75, 3.05) is 13.1 Å². The maximum absolute atomic E-state index is 11.4. The van der Waals surface area contributed by atoms with Crippen molar-refractivity contribution in [1.29, 1.82) is 0 Å². The summed E-state index contributed by atoms with van der Waals surface area (Å²) in [7, 11) is 0. The second-order valence-electron chi connectivity index (χ2n) is 5.14. The Morgan fingerprint density at radius 3 is 2.20 bits per heavy atom. The quantitative estimate of drug-likeness (QED) is 0.734. The molecule has 0 unspecified atom stereocenters. The van der Waals surface area contributed by atoms with Gasteiger partial charge in [-0.05, 0) is 56.9 Å². The maximum Gasteiger partial charge on any atom is 0.223 e. The van der Waals surface area contributed by atoms with Crippen LogP contribution in [0.5, 0.6) is 0 Å². The first-order chi connectivity index (χ1) is 7.29. The minimum absolute atomic E-state index is 0.288. The minimum atomic E-state index is 0.288. The van der Waals surface area contributed by atoms with Gasteiger partial charge in [0.1, 0.15) is 0 Å². The van der Waals surface area contributed by atoms with E-state index in [0.29, 0.717) is 11.8 Å². The lowest BCUT2D eigenvalue weighted by atomic mass is 9.82. The number of rotatable bonds is 4. The van der Waals surface area contributed by atoms with E-state index in [1.54, 1.807) is 0 Å². The molecule has 0 aliphatic heterocycles. The summed E-state index contributed by atoms with van der Waals surface area (Å²) in [6, 6.07) is 0. The third-order valence-corrected chi connectivity index (χ3v) is 3.81. The zero-order valence-electron chi connectivity index (χ0n) is 9.37. The third-order valence-electron chi connectivity index (χ3n) is 3.81. The van der Waals surface area contributed by atoms with Crippen LogP contribution in [0.1, 0.15) is 38.5 Å². The summed E-state index contributed by atoms with van der Waals surface area (Å²) >= 11 is 0. The lowest BCUT2D eigenvalue weighted by Crippen LogP contribution is -2.33. The predicted octanol–water partition coefficient (Wildman–Crippen LogP) is 1.28. The molecule has 0 aromatic heterocycles. The van der Waals surface area contributed by atoms with E-state index in [0.717, 1.165) is 31.8 Å². The van der Waals surface area contributed by atoms with Gasteiger partial charge in [-0.3, -0.25) is 4.79 Å². The van der Waals surface area contributed by atoms with Gasteiger partial charge in [-0.2, -0.15) is 0 Å². The number of carbonyl (C=O) groups is 1. The van der Waals surface area contributed by atoms with Crippen molar-refractivity contribution in [2.24, 2.45) is 23.5 Å². The standard InChI is InChI=1S/C12H22N2O/c13-7-9-1-3-10(4-2-9)8-14-12(15)11-5-6-11/h9-11H,1-8,13H2,(H,14,15). The highest BCUT2D eigenvalue weighted by Gasteiger charge is 2.30. The molecule has 3 nitrogen and oxygen atoms in total. The summed E-state index contributed by atoms with van der Waals surface area (Å²) in [6.45, 7) is 1.73. The van der Waals surface area contributed by atoms with Crippen molar-refractivity contribution in [3.63, 3.8) is 0 Å². The molecule has 15 heavy (non-hydrogen) atoms. The van der Waals surface area contributed by atoms with Crippen LogP contribution in [0.25, 0.3) is 0 Å². The molecule has 3 heteroatoms. The van der Waals surface area contributed by atoms with Crippen LogP contribution in [0.3, 0.4) is 0 Å². The molecular weight excluding hydrogens is 188 g/mol. The van der Waals surface area contributed by atoms with Crippen LogP contribution < -0.4 is 11.1 Å². The zero-order chi connectivity index (χ0) is 10.7. The molecule has 86 valence electrons. The minimum Gasteiger partial charge on any atom is -0.356 e. The second-order valence-corrected chi connectivity index (χ2v) is 5.14. The van der Waals surface area contributed by atoms with Crippen molar-refractivity contribution >= 4 is 5.91 Å². The fraction of sp³-hybridized carbons (Fsp3) is 0.917. The van der Waals surface area contributed by atoms with Crippen LogP contribution in [-0.2, 0) is 4.79 Å². The zero-order valence-corrected chi connectivity index (χ0v) is 9.37. The van der Waals surface area contributed by atoms with Crippen LogP contribution >= 0.6 is 0 Å². The Balaban J connectivity index is 1.61. The van der Waals surface area contributed by atoms with Gasteiger partial charge in [0.25, 0.3) is 0 Å². The Bertz CT molecular complexity index is 218. The highest BCUT2D eigenvalue weighted by Crippen LogP contribution is 2.30. The van der Waals surface area contributed by atoms with Gasteiger partial charge in [0.15, 0.2) is 0 Å². The van der Waals surface area contributed by atoms with Crippen molar-refractivity contribution in [2.45, 2.75) is 38.5 Å². The Morgan fingerprint density at radius 1 is 1.07 bits per heavy atom. The summed E-state index contributed by atoms with van der Waals surface area (Å²) in [5.74, 6) is 2.08. The molecule has 2 rings (SSSR count). The molecule has 1 amide bonds. The Hall–Kier alpha value is -0.570. The average Bonchev–Trinajstić information content (AvgIpc) is 3.10. The fourth-order valence-electron chi connectivity index (χ4n) is 2.41. The molecule has 3 N–H and O–H groups in total. The lowest BCUT2D eigenvalue weighted by Gasteiger charge is -2.27. The molecule has 2 fully saturated rings. The molecule has 0 spiro atoms. The van der Waals surface area contributed by atoms with E-state index in [4.69, 9.17) is 5.73 Å². The Labute approximate surface area is 91.8 Å². The molecule has 2 saturated carbocycles. The van der Waals surface area contributed by atoms with Crippen molar-refractivity contribution in [3.8, 4) is 0 Å². The van der Waals surface area contributed by atoms with Gasteiger partial charge in [-0.25, -0.2) is 0 Å². The molecule has 0 heterocycles. The summed E-state index contributed by atoms with van der Waals surface area (Å²) < 4.78 is 0. The first-order valence-corrected chi connectivity index (χ1v) is 6.27. The molecule has 0 bridgehead atoms. The van der Waals surface area contributed by atoms with E-state index in [-0.39, 0.29) is 5.91 Å². The van der Waals surface area contributed by atoms with E-state index in [9.17, 15) is 4.79 Å². The Kier molecular flexibility index (Phi) is 3.62. The molecule has 0 aromatic carbocycles. The summed E-state index contributed by atoms with van der Waals surface area (Å²) in [4.78, 5) is 11.4. The highest BCUT2D eigenvalue weighted by molar-refractivity contribution is 5.80. The number of carbonyl (C=O) groups excluding carboxylic acids is 1. The molecule has 0 aromatic rings. The SMILES string of the molecule is NCC1CCC(CNC(=O)C2CC2)CC1. The largest absolute Gasteiger partial charge is 0.356 e. The van der Waals surface area contributed by atoms with Crippen LogP contribution in [0.2, 0.25) is 0 Å². The third kappa shape index (κ3) is 3.20. The summed E-state index contributed by atoms with van der Waals surface area (Å²) in [6.07, 6.45) is 7.19. The van der Waals surface area contributed by atoms with Gasteiger partial charge in [0, 0.05) is 12.5 Å². The molecular formula is C12H22N2O. The lowest BCUT2D eigenvalue weighted by molar-refractivity contribution is -0.122. The number of nitrogens with one attached hydrogen (secondary N) is 1. The van der Waals surface area contributed by atoms with E-state index < -0.39 is 0 Å². The maximum atomic E-state index is 11.4. The first-order valence-electron chi connectivity index (χ1n) is 6.27. The van der Waals surface area contributed by atoms with Crippen molar-refractivity contribution in [1.82, 2.24) is 5.32 Å². The predicted molar refractivity (Wildman–Crippen MR) is 60.2 cm³/mol. The summed E-state index contributed by atoms with van der Waals surface area (Å²) in [5, 5.41) is 3.08. The van der Waals surface area contributed by atoms with E-state index in [1.807, 2.05) is 0 Å². The molecule has 0 saturated heterocycles. The monoisotopic (exact) mass is 210 g/mol. The van der Waals surface area contributed by atoms with Crippen molar-refractivity contribution < 1.29 is 4.79 Å². The second kappa shape index (κ2) is 4.97. The highest BCUT2D eigenvalue weighted by atomic mass is 16.2. The summed E-state index contributed by atoms with van der Waals surface area (Å²) in [5.41, 5.74) is 5.65. The normalized spacial score (nSPS) is 31.3. The van der Waals surface area contributed by atoms with E-state index in [1.165, 1.54) is 25.7 Å². The average molecular weight is 210 g/mol. The number of amides is 1. The van der Waals surface area contributed by atoms with Crippen molar-refractivity contribution in [3.05, 3.63) is 0 Å². The first kappa shape index (κ1) is 10.9. The number of hydrogen-bond acceptors (Lipinski definition) is 2. The van der Waals surface area contributed by atoms with Crippen LogP contribution in [0.15, 0.2) is 0 Å². The fourth-order valence-corrected chi connectivity index (χ4v) is 2.41. The van der Waals surface area contributed by atoms with E-state index >= 15 is 0 Å². The van der Waals surface area contributed by atoms with Gasteiger partial charge < -0.3 is 11.1 Å². The van der Waals surface area contributed by atoms with Crippen LogP contribution in [0.4, 0.5) is 0 Å². The molecule has 2 aliphatic rings. The number of hydrogen-bond donors (Lipinski definition) is 2. The smallest absolute Gasteiger partial charge is 0.223 e. The van der Waals surface area contributed by atoms with Gasteiger partial charge >= 0.3 is 0 Å². The van der Waals surface area contributed by atoms with Gasteiger partial charge in [-0.15, -0.1) is 0 Å². The Morgan fingerprint density at radius 2 is 1.67 bits per heavy atom. The van der Waals surface area contributed by atoms with Gasteiger partial charge in [0.2, 0.25) is 5.91 Å². The topological polar surface area (TPSA) is 55.1 Å². The van der Waals surface area contributed by atoms with Crippen LogP contribution in [-0.4, -0.2) is 19.0 Å². The van der Waals surface area contributed by atoms with Gasteiger partial charge in [0.05, 0.1) is 0 Å². The van der Waals surface area contributed by atoms with E-state index in [2.05, 4.69) is 5.32 Å². The molecule has 0 atom stereocenters. The molecule has 0 radical (unpaired) electrons.